The van der Waals surface area contributed by atoms with Crippen molar-refractivity contribution in [2.75, 3.05) is 18.0 Å². The molecule has 2 rings (SSSR count). The van der Waals surface area contributed by atoms with Crippen molar-refractivity contribution in [3.63, 3.8) is 0 Å². The van der Waals surface area contributed by atoms with Crippen LogP contribution >= 0.6 is 11.6 Å². The van der Waals surface area contributed by atoms with E-state index in [0.717, 1.165) is 25.1 Å². The minimum Gasteiger partial charge on any atom is -0.371 e. The van der Waals surface area contributed by atoms with Gasteiger partial charge in [0, 0.05) is 18.8 Å². The van der Waals surface area contributed by atoms with Gasteiger partial charge in [0.05, 0.1) is 10.9 Å². The highest BCUT2D eigenvalue weighted by Crippen LogP contribution is 2.26. The molecule has 0 aliphatic carbocycles. The van der Waals surface area contributed by atoms with Gasteiger partial charge in [-0.25, -0.2) is 4.39 Å². The summed E-state index contributed by atoms with van der Waals surface area (Å²) in [6, 6.07) is 4.59. The number of anilines is 1. The van der Waals surface area contributed by atoms with E-state index in [-0.39, 0.29) is 16.8 Å². The molecule has 0 radical (unpaired) electrons. The summed E-state index contributed by atoms with van der Waals surface area (Å²) in [5.41, 5.74) is 6.15. The van der Waals surface area contributed by atoms with Crippen molar-refractivity contribution in [3.8, 4) is 0 Å². The zero-order valence-electron chi connectivity index (χ0n) is 9.33. The molecule has 2 N–H and O–H groups in total. The number of nitrogens with two attached hydrogens (primary N) is 1. The van der Waals surface area contributed by atoms with Crippen LogP contribution in [0.1, 0.15) is 12.8 Å². The van der Waals surface area contributed by atoms with Crippen LogP contribution in [0.5, 0.6) is 0 Å². The molecule has 1 saturated heterocycles. The molecule has 1 atom stereocenters. The molecule has 0 bridgehead atoms. The monoisotopic (exact) mass is 256 g/mol. The van der Waals surface area contributed by atoms with Crippen molar-refractivity contribution in [1.82, 2.24) is 0 Å². The van der Waals surface area contributed by atoms with Crippen LogP contribution in [0.25, 0.3) is 0 Å². The molecular formula is C12H14ClFN2O. The normalized spacial score (nSPS) is 20.4. The highest BCUT2D eigenvalue weighted by atomic mass is 35.5. The van der Waals surface area contributed by atoms with Crippen LogP contribution in [-0.2, 0) is 4.79 Å². The van der Waals surface area contributed by atoms with Crippen LogP contribution in [0.15, 0.2) is 18.2 Å². The molecule has 5 heteroatoms. The van der Waals surface area contributed by atoms with Crippen LogP contribution in [0, 0.1) is 11.7 Å². The number of rotatable bonds is 2. The Balaban J connectivity index is 2.16. The van der Waals surface area contributed by atoms with E-state index in [1.165, 1.54) is 6.07 Å². The van der Waals surface area contributed by atoms with E-state index in [0.29, 0.717) is 6.54 Å². The summed E-state index contributed by atoms with van der Waals surface area (Å²) < 4.78 is 13.0. The Bertz CT molecular complexity index is 439. The lowest BCUT2D eigenvalue weighted by molar-refractivity contribution is -0.122. The van der Waals surface area contributed by atoms with Crippen LogP contribution < -0.4 is 10.6 Å². The van der Waals surface area contributed by atoms with Crippen LogP contribution in [-0.4, -0.2) is 19.0 Å². The highest BCUT2D eigenvalue weighted by Gasteiger charge is 2.24. The molecular weight excluding hydrogens is 243 g/mol. The SMILES string of the molecule is NC(=O)C1CCCN(c2ccc(F)c(Cl)c2)C1. The first-order valence-electron chi connectivity index (χ1n) is 5.57. The van der Waals surface area contributed by atoms with Gasteiger partial charge in [0.25, 0.3) is 0 Å². The molecule has 1 amide bonds. The van der Waals surface area contributed by atoms with Gasteiger partial charge in [-0.15, -0.1) is 0 Å². The van der Waals surface area contributed by atoms with Gasteiger partial charge in [0.15, 0.2) is 0 Å². The molecule has 0 saturated carbocycles. The van der Waals surface area contributed by atoms with Gasteiger partial charge in [0.2, 0.25) is 5.91 Å². The number of piperidine rings is 1. The summed E-state index contributed by atoms with van der Waals surface area (Å²) in [7, 11) is 0. The van der Waals surface area contributed by atoms with Gasteiger partial charge in [-0.3, -0.25) is 4.79 Å². The van der Waals surface area contributed by atoms with Crippen molar-refractivity contribution in [1.29, 1.82) is 0 Å². The molecule has 0 aromatic heterocycles. The molecule has 1 aromatic carbocycles. The second-order valence-electron chi connectivity index (χ2n) is 4.29. The molecule has 1 aliphatic heterocycles. The second-order valence-corrected chi connectivity index (χ2v) is 4.69. The second kappa shape index (κ2) is 4.92. The number of primary amides is 1. The van der Waals surface area contributed by atoms with E-state index in [1.807, 2.05) is 4.90 Å². The molecule has 1 aliphatic rings. The van der Waals surface area contributed by atoms with Gasteiger partial charge in [-0.05, 0) is 31.0 Å². The van der Waals surface area contributed by atoms with Crippen molar-refractivity contribution in [2.45, 2.75) is 12.8 Å². The van der Waals surface area contributed by atoms with Gasteiger partial charge in [-0.2, -0.15) is 0 Å². The number of benzene rings is 1. The summed E-state index contributed by atoms with van der Waals surface area (Å²) >= 11 is 5.74. The molecule has 1 aromatic rings. The third-order valence-corrected chi connectivity index (χ3v) is 3.38. The van der Waals surface area contributed by atoms with Gasteiger partial charge < -0.3 is 10.6 Å². The number of hydrogen-bond donors (Lipinski definition) is 1. The first kappa shape index (κ1) is 12.2. The fourth-order valence-electron chi connectivity index (χ4n) is 2.13. The maximum atomic E-state index is 13.0. The maximum absolute atomic E-state index is 13.0. The highest BCUT2D eigenvalue weighted by molar-refractivity contribution is 6.31. The molecule has 1 unspecified atom stereocenters. The Hall–Kier alpha value is -1.29. The fraction of sp³-hybridized carbons (Fsp3) is 0.417. The largest absolute Gasteiger partial charge is 0.371 e. The van der Waals surface area contributed by atoms with E-state index in [1.54, 1.807) is 12.1 Å². The van der Waals surface area contributed by atoms with Crippen LogP contribution in [0.3, 0.4) is 0 Å². The van der Waals surface area contributed by atoms with Gasteiger partial charge >= 0.3 is 0 Å². The Kier molecular flexibility index (Phi) is 3.52. The number of halogens is 2. The molecule has 1 fully saturated rings. The first-order valence-corrected chi connectivity index (χ1v) is 5.95. The Morgan fingerprint density at radius 2 is 2.29 bits per heavy atom. The number of hydrogen-bond acceptors (Lipinski definition) is 2. The average Bonchev–Trinajstić information content (AvgIpc) is 2.33. The Labute approximate surface area is 104 Å². The number of amides is 1. The van der Waals surface area contributed by atoms with Crippen molar-refractivity contribution < 1.29 is 9.18 Å². The van der Waals surface area contributed by atoms with Crippen molar-refractivity contribution in [3.05, 3.63) is 29.0 Å². The van der Waals surface area contributed by atoms with E-state index in [4.69, 9.17) is 17.3 Å². The lowest BCUT2D eigenvalue weighted by Gasteiger charge is -2.33. The van der Waals surface area contributed by atoms with Crippen LogP contribution in [0.2, 0.25) is 5.02 Å². The number of carbonyl (C=O) groups is 1. The molecule has 92 valence electrons. The fourth-order valence-corrected chi connectivity index (χ4v) is 2.30. The maximum Gasteiger partial charge on any atom is 0.222 e. The molecule has 0 spiro atoms. The standard InChI is InChI=1S/C12H14ClFN2O/c13-10-6-9(3-4-11(10)14)16-5-1-2-8(7-16)12(15)17/h3-4,6,8H,1-2,5,7H2,(H2,15,17). The number of nitrogens with zero attached hydrogens (tertiary/aromatic N) is 1. The van der Waals surface area contributed by atoms with E-state index >= 15 is 0 Å². The lowest BCUT2D eigenvalue weighted by atomic mass is 9.97. The predicted octanol–water partition coefficient (Wildman–Crippen LogP) is 2.18. The Morgan fingerprint density at radius 1 is 1.53 bits per heavy atom. The third kappa shape index (κ3) is 2.69. The molecule has 3 nitrogen and oxygen atoms in total. The van der Waals surface area contributed by atoms with Gasteiger partial charge in [0.1, 0.15) is 5.82 Å². The van der Waals surface area contributed by atoms with E-state index < -0.39 is 5.82 Å². The minimum atomic E-state index is -0.432. The van der Waals surface area contributed by atoms with E-state index in [2.05, 4.69) is 0 Å². The first-order chi connectivity index (χ1) is 8.08. The smallest absolute Gasteiger partial charge is 0.222 e. The summed E-state index contributed by atoms with van der Waals surface area (Å²) in [6.07, 6.45) is 1.73. The van der Waals surface area contributed by atoms with E-state index in [9.17, 15) is 9.18 Å². The zero-order valence-corrected chi connectivity index (χ0v) is 10.1. The lowest BCUT2D eigenvalue weighted by Crippen LogP contribution is -2.41. The average molecular weight is 257 g/mol. The zero-order chi connectivity index (χ0) is 12.4. The molecule has 17 heavy (non-hydrogen) atoms. The summed E-state index contributed by atoms with van der Waals surface area (Å²) in [6.45, 7) is 1.42. The Morgan fingerprint density at radius 3 is 2.94 bits per heavy atom. The quantitative estimate of drug-likeness (QED) is 0.882. The topological polar surface area (TPSA) is 46.3 Å². The van der Waals surface area contributed by atoms with Crippen molar-refractivity contribution in [2.24, 2.45) is 11.7 Å². The van der Waals surface area contributed by atoms with Crippen LogP contribution in [0.4, 0.5) is 10.1 Å². The summed E-state index contributed by atoms with van der Waals surface area (Å²) in [5.74, 6) is -0.839. The van der Waals surface area contributed by atoms with Crippen molar-refractivity contribution >= 4 is 23.2 Å². The summed E-state index contributed by atoms with van der Waals surface area (Å²) in [5, 5.41) is 0.101. The van der Waals surface area contributed by atoms with Gasteiger partial charge in [-0.1, -0.05) is 11.6 Å². The minimum absolute atomic E-state index is 0.101. The molecule has 1 heterocycles. The predicted molar refractivity (Wildman–Crippen MR) is 65.5 cm³/mol. The third-order valence-electron chi connectivity index (χ3n) is 3.09. The number of carbonyl (C=O) groups excluding carboxylic acids is 1. The summed E-state index contributed by atoms with van der Waals surface area (Å²) in [4.78, 5) is 13.2.